The van der Waals surface area contributed by atoms with Crippen molar-refractivity contribution in [1.29, 1.82) is 0 Å². The van der Waals surface area contributed by atoms with E-state index in [1.54, 1.807) is 0 Å². The third-order valence-electron chi connectivity index (χ3n) is 2.22. The molecule has 1 aliphatic heterocycles. The minimum Gasteiger partial charge on any atom is -0.316 e. The minimum absolute atomic E-state index is 0.163. The van der Waals surface area contributed by atoms with E-state index in [2.05, 4.69) is 10.3 Å². The van der Waals surface area contributed by atoms with E-state index < -0.39 is 11.9 Å². The molecule has 0 aromatic carbocycles. The van der Waals surface area contributed by atoms with Gasteiger partial charge in [0.1, 0.15) is 0 Å². The molecule has 1 fully saturated rings. The fourth-order valence-corrected chi connectivity index (χ4v) is 2.43. The van der Waals surface area contributed by atoms with Gasteiger partial charge in [-0.1, -0.05) is 0 Å². The van der Waals surface area contributed by atoms with E-state index in [0.717, 1.165) is 36.2 Å². The Hall–Kier alpha value is -0.620. The molecule has 2 heterocycles. The minimum atomic E-state index is -4.30. The van der Waals surface area contributed by atoms with Crippen molar-refractivity contribution in [2.24, 2.45) is 0 Å². The zero-order chi connectivity index (χ0) is 10.2. The van der Waals surface area contributed by atoms with Crippen LogP contribution in [0.1, 0.15) is 23.0 Å². The van der Waals surface area contributed by atoms with Crippen molar-refractivity contribution >= 4 is 11.3 Å². The molecule has 2 rings (SSSR count). The van der Waals surface area contributed by atoms with E-state index in [4.69, 9.17) is 0 Å². The van der Waals surface area contributed by atoms with Crippen molar-refractivity contribution in [2.75, 3.05) is 13.1 Å². The second-order valence-corrected chi connectivity index (χ2v) is 4.15. The zero-order valence-electron chi connectivity index (χ0n) is 7.27. The molecule has 14 heavy (non-hydrogen) atoms. The number of hydrogen-bond acceptors (Lipinski definition) is 3. The van der Waals surface area contributed by atoms with Gasteiger partial charge in [-0.05, 0) is 13.0 Å². The molecule has 0 bridgehead atoms. The lowest BCUT2D eigenvalue weighted by Gasteiger charge is -2.03. The van der Waals surface area contributed by atoms with Crippen LogP contribution in [0.2, 0.25) is 0 Å². The number of rotatable bonds is 1. The average Bonchev–Trinajstić information content (AvgIpc) is 2.73. The van der Waals surface area contributed by atoms with Crippen LogP contribution in [0.3, 0.4) is 0 Å². The maximum absolute atomic E-state index is 12.2. The number of nitrogens with zero attached hydrogens (tertiary/aromatic N) is 1. The molecule has 0 aliphatic carbocycles. The first kappa shape index (κ1) is 9.92. The Balaban J connectivity index is 2.17. The Morgan fingerprint density at radius 2 is 2.29 bits per heavy atom. The van der Waals surface area contributed by atoms with Crippen molar-refractivity contribution in [2.45, 2.75) is 18.5 Å². The highest BCUT2D eigenvalue weighted by atomic mass is 32.1. The average molecular weight is 222 g/mol. The Morgan fingerprint density at radius 1 is 1.50 bits per heavy atom. The lowest BCUT2D eigenvalue weighted by Crippen LogP contribution is -2.09. The van der Waals surface area contributed by atoms with Gasteiger partial charge in [-0.15, -0.1) is 11.3 Å². The van der Waals surface area contributed by atoms with Crippen LogP contribution in [0.5, 0.6) is 0 Å². The monoisotopic (exact) mass is 222 g/mol. The first-order valence-electron chi connectivity index (χ1n) is 4.30. The standard InChI is InChI=1S/C8H9F3N2S/c9-8(10,11)6-4-14-7(13-6)5-1-2-12-3-5/h4-5,12H,1-3H2. The molecular weight excluding hydrogens is 213 g/mol. The zero-order valence-corrected chi connectivity index (χ0v) is 8.08. The van der Waals surface area contributed by atoms with Crippen LogP contribution >= 0.6 is 11.3 Å². The third kappa shape index (κ3) is 1.90. The third-order valence-corrected chi connectivity index (χ3v) is 3.23. The van der Waals surface area contributed by atoms with Crippen LogP contribution in [0, 0.1) is 0 Å². The summed E-state index contributed by atoms with van der Waals surface area (Å²) in [5, 5.41) is 4.79. The number of alkyl halides is 3. The Labute approximate surface area is 83.2 Å². The summed E-state index contributed by atoms with van der Waals surface area (Å²) in [4.78, 5) is 3.62. The molecule has 1 unspecified atom stereocenters. The normalized spacial score (nSPS) is 22.9. The van der Waals surface area contributed by atoms with Gasteiger partial charge in [0.15, 0.2) is 5.69 Å². The molecule has 1 saturated heterocycles. The van der Waals surface area contributed by atoms with Gasteiger partial charge >= 0.3 is 6.18 Å². The van der Waals surface area contributed by atoms with Crippen LogP contribution in [0.25, 0.3) is 0 Å². The molecule has 0 saturated carbocycles. The molecule has 1 aromatic heterocycles. The molecule has 1 atom stereocenters. The SMILES string of the molecule is FC(F)(F)c1csc(C2CCNC2)n1. The highest BCUT2D eigenvalue weighted by molar-refractivity contribution is 7.09. The number of hydrogen-bond donors (Lipinski definition) is 1. The first-order valence-corrected chi connectivity index (χ1v) is 5.18. The lowest BCUT2D eigenvalue weighted by atomic mass is 10.1. The molecule has 0 spiro atoms. The van der Waals surface area contributed by atoms with Gasteiger partial charge in [-0.2, -0.15) is 13.2 Å². The Kier molecular flexibility index (Phi) is 2.48. The maximum Gasteiger partial charge on any atom is 0.434 e. The van der Waals surface area contributed by atoms with E-state index in [9.17, 15) is 13.2 Å². The van der Waals surface area contributed by atoms with Crippen molar-refractivity contribution in [3.63, 3.8) is 0 Å². The predicted molar refractivity (Wildman–Crippen MR) is 47.3 cm³/mol. The fraction of sp³-hybridized carbons (Fsp3) is 0.625. The Bertz CT molecular complexity index is 315. The van der Waals surface area contributed by atoms with Gasteiger partial charge in [0.25, 0.3) is 0 Å². The van der Waals surface area contributed by atoms with E-state index in [1.807, 2.05) is 0 Å². The Morgan fingerprint density at radius 3 is 2.79 bits per heavy atom. The summed E-state index contributed by atoms with van der Waals surface area (Å²) in [6, 6.07) is 0. The van der Waals surface area contributed by atoms with Crippen LogP contribution in [-0.2, 0) is 6.18 Å². The van der Waals surface area contributed by atoms with Crippen molar-refractivity contribution in [1.82, 2.24) is 10.3 Å². The molecule has 1 aliphatic rings. The van der Waals surface area contributed by atoms with E-state index in [0.29, 0.717) is 5.01 Å². The van der Waals surface area contributed by atoms with Crippen LogP contribution in [0.15, 0.2) is 5.38 Å². The molecule has 78 valence electrons. The molecule has 0 amide bonds. The summed E-state index contributed by atoms with van der Waals surface area (Å²) in [6.07, 6.45) is -3.43. The van der Waals surface area contributed by atoms with Gasteiger partial charge in [-0.3, -0.25) is 0 Å². The number of halogens is 3. The molecule has 6 heteroatoms. The van der Waals surface area contributed by atoms with Crippen LogP contribution in [-0.4, -0.2) is 18.1 Å². The van der Waals surface area contributed by atoms with Crippen molar-refractivity contribution < 1.29 is 13.2 Å². The van der Waals surface area contributed by atoms with E-state index in [-0.39, 0.29) is 5.92 Å². The molecule has 0 radical (unpaired) electrons. The van der Waals surface area contributed by atoms with Gasteiger partial charge < -0.3 is 5.32 Å². The van der Waals surface area contributed by atoms with Gasteiger partial charge in [0, 0.05) is 17.8 Å². The van der Waals surface area contributed by atoms with Gasteiger partial charge in [-0.25, -0.2) is 4.98 Å². The molecular formula is C8H9F3N2S. The first-order chi connectivity index (χ1) is 6.57. The molecule has 1 aromatic rings. The summed E-state index contributed by atoms with van der Waals surface area (Å²) in [5.74, 6) is 0.163. The second-order valence-electron chi connectivity index (χ2n) is 3.26. The second kappa shape index (κ2) is 3.51. The number of nitrogens with one attached hydrogen (secondary N) is 1. The number of thiazole rings is 1. The lowest BCUT2D eigenvalue weighted by molar-refractivity contribution is -0.140. The summed E-state index contributed by atoms with van der Waals surface area (Å²) < 4.78 is 36.7. The quantitative estimate of drug-likeness (QED) is 0.788. The summed E-state index contributed by atoms with van der Waals surface area (Å²) in [6.45, 7) is 1.61. The van der Waals surface area contributed by atoms with Crippen molar-refractivity contribution in [3.05, 3.63) is 16.1 Å². The fourth-order valence-electron chi connectivity index (χ4n) is 1.47. The van der Waals surface area contributed by atoms with Gasteiger partial charge in [0.2, 0.25) is 0 Å². The summed E-state index contributed by atoms with van der Waals surface area (Å²) in [5.41, 5.74) is -0.760. The summed E-state index contributed by atoms with van der Waals surface area (Å²) >= 11 is 1.10. The van der Waals surface area contributed by atoms with E-state index in [1.165, 1.54) is 0 Å². The maximum atomic E-state index is 12.2. The smallest absolute Gasteiger partial charge is 0.316 e. The van der Waals surface area contributed by atoms with Crippen molar-refractivity contribution in [3.8, 4) is 0 Å². The topological polar surface area (TPSA) is 24.9 Å². The van der Waals surface area contributed by atoms with Crippen LogP contribution < -0.4 is 5.32 Å². The number of aromatic nitrogens is 1. The van der Waals surface area contributed by atoms with Crippen LogP contribution in [0.4, 0.5) is 13.2 Å². The largest absolute Gasteiger partial charge is 0.434 e. The van der Waals surface area contributed by atoms with E-state index >= 15 is 0 Å². The summed E-state index contributed by atoms with van der Waals surface area (Å²) in [7, 11) is 0. The predicted octanol–water partition coefficient (Wildman–Crippen LogP) is 2.24. The highest BCUT2D eigenvalue weighted by Gasteiger charge is 2.34. The molecule has 1 N–H and O–H groups in total. The molecule has 2 nitrogen and oxygen atoms in total. The highest BCUT2D eigenvalue weighted by Crippen LogP contribution is 2.33. The van der Waals surface area contributed by atoms with Gasteiger partial charge in [0.05, 0.1) is 5.01 Å².